The summed E-state index contributed by atoms with van der Waals surface area (Å²) < 4.78 is 36.9. The number of hydrogen-bond donors (Lipinski definition) is 1. The minimum atomic E-state index is -3.60. The molecule has 124 valence electrons. The van der Waals surface area contributed by atoms with Crippen molar-refractivity contribution in [2.75, 3.05) is 13.2 Å². The van der Waals surface area contributed by atoms with Crippen molar-refractivity contribution >= 4 is 21.8 Å². The number of fused-ring (bicyclic) bond motifs is 1. The first-order valence-corrected chi connectivity index (χ1v) is 8.94. The summed E-state index contributed by atoms with van der Waals surface area (Å²) in [5.41, 5.74) is 0.464. The summed E-state index contributed by atoms with van der Waals surface area (Å²) >= 11 is 0. The fourth-order valence-corrected chi connectivity index (χ4v) is 3.79. The van der Waals surface area contributed by atoms with Gasteiger partial charge in [-0.2, -0.15) is 0 Å². The molecule has 8 heteroatoms. The highest BCUT2D eigenvalue weighted by atomic mass is 32.2. The van der Waals surface area contributed by atoms with Gasteiger partial charge in [-0.1, -0.05) is 12.1 Å². The first kappa shape index (κ1) is 15.9. The van der Waals surface area contributed by atoms with Crippen LogP contribution in [0.1, 0.15) is 25.3 Å². The Bertz CT molecular complexity index is 738. The molecule has 0 bridgehead atoms. The van der Waals surface area contributed by atoms with Crippen LogP contribution in [0.15, 0.2) is 34.2 Å². The maximum Gasteiger partial charge on any atom is 0.330 e. The molecule has 0 saturated carbocycles. The molecule has 7 nitrogen and oxygen atoms in total. The van der Waals surface area contributed by atoms with Crippen LogP contribution < -0.4 is 4.72 Å². The molecule has 1 saturated heterocycles. The fraction of sp³-hybridized carbons (Fsp3) is 0.467. The Morgan fingerprint density at radius 3 is 3.00 bits per heavy atom. The number of hydrogen-bond acceptors (Lipinski definition) is 6. The number of benzene rings is 1. The molecular formula is C15H18N2O5S. The third-order valence-corrected chi connectivity index (χ3v) is 5.16. The number of amidine groups is 1. The molecule has 2 heterocycles. The van der Waals surface area contributed by atoms with Crippen LogP contribution in [0, 0.1) is 0 Å². The third-order valence-electron chi connectivity index (χ3n) is 3.76. The quantitative estimate of drug-likeness (QED) is 0.821. The Labute approximate surface area is 134 Å². The van der Waals surface area contributed by atoms with E-state index in [1.54, 1.807) is 25.1 Å². The van der Waals surface area contributed by atoms with E-state index < -0.39 is 22.0 Å². The number of carbonyl (C=O) groups excluding carboxylic acids is 1. The van der Waals surface area contributed by atoms with Crippen LogP contribution in [-0.4, -0.2) is 45.6 Å². The number of esters is 1. The van der Waals surface area contributed by atoms with E-state index in [4.69, 9.17) is 9.47 Å². The molecule has 1 N–H and O–H groups in total. The summed E-state index contributed by atoms with van der Waals surface area (Å²) in [5, 5.41) is 0. The second kappa shape index (κ2) is 6.29. The van der Waals surface area contributed by atoms with Crippen molar-refractivity contribution in [1.29, 1.82) is 0 Å². The van der Waals surface area contributed by atoms with E-state index in [9.17, 15) is 13.2 Å². The lowest BCUT2D eigenvalue weighted by Crippen LogP contribution is -2.28. The molecule has 1 fully saturated rings. The van der Waals surface area contributed by atoms with Gasteiger partial charge in [-0.3, -0.25) is 9.71 Å². The monoisotopic (exact) mass is 338 g/mol. The molecule has 1 aromatic rings. The topological polar surface area (TPSA) is 94.1 Å². The van der Waals surface area contributed by atoms with Crippen LogP contribution in [0.4, 0.5) is 0 Å². The van der Waals surface area contributed by atoms with Gasteiger partial charge in [0, 0.05) is 12.2 Å². The molecule has 2 atom stereocenters. The molecule has 0 aromatic heterocycles. The van der Waals surface area contributed by atoms with Gasteiger partial charge in [0.1, 0.15) is 18.5 Å². The zero-order chi connectivity index (χ0) is 16.4. The van der Waals surface area contributed by atoms with Gasteiger partial charge in [0.05, 0.1) is 11.0 Å². The van der Waals surface area contributed by atoms with Crippen molar-refractivity contribution in [2.45, 2.75) is 36.8 Å². The van der Waals surface area contributed by atoms with Crippen LogP contribution >= 0.6 is 0 Å². The number of ether oxygens (including phenoxy) is 2. The van der Waals surface area contributed by atoms with Gasteiger partial charge in [0.15, 0.2) is 0 Å². The lowest BCUT2D eigenvalue weighted by Gasteiger charge is -2.12. The van der Waals surface area contributed by atoms with Crippen LogP contribution in [0.25, 0.3) is 0 Å². The van der Waals surface area contributed by atoms with E-state index in [-0.39, 0.29) is 23.4 Å². The Hall–Kier alpha value is -1.93. The molecule has 23 heavy (non-hydrogen) atoms. The van der Waals surface area contributed by atoms with E-state index in [1.165, 1.54) is 6.07 Å². The number of aliphatic imine (C=N–C) groups is 1. The average Bonchev–Trinajstić information content (AvgIpc) is 3.12. The first-order chi connectivity index (χ1) is 11.0. The normalized spacial score (nSPS) is 24.9. The molecule has 2 aliphatic rings. The molecule has 1 unspecified atom stereocenters. The summed E-state index contributed by atoms with van der Waals surface area (Å²) in [4.78, 5) is 16.3. The predicted molar refractivity (Wildman–Crippen MR) is 82.7 cm³/mol. The van der Waals surface area contributed by atoms with E-state index in [2.05, 4.69) is 9.71 Å². The zero-order valence-corrected chi connectivity index (χ0v) is 13.5. The van der Waals surface area contributed by atoms with Crippen LogP contribution in [0.2, 0.25) is 0 Å². The van der Waals surface area contributed by atoms with Crippen molar-refractivity contribution < 1.29 is 22.7 Å². The lowest BCUT2D eigenvalue weighted by molar-refractivity contribution is -0.147. The summed E-state index contributed by atoms with van der Waals surface area (Å²) in [6, 6.07) is 5.70. The summed E-state index contributed by atoms with van der Waals surface area (Å²) in [5.74, 6) is -0.334. The summed E-state index contributed by atoms with van der Waals surface area (Å²) in [6.45, 7) is 2.47. The Balaban J connectivity index is 1.70. The Morgan fingerprint density at radius 2 is 2.26 bits per heavy atom. The smallest absolute Gasteiger partial charge is 0.330 e. The highest BCUT2D eigenvalue weighted by Crippen LogP contribution is 2.22. The van der Waals surface area contributed by atoms with Crippen molar-refractivity contribution in [3.63, 3.8) is 0 Å². The first-order valence-electron chi connectivity index (χ1n) is 7.45. The third kappa shape index (κ3) is 3.37. The summed E-state index contributed by atoms with van der Waals surface area (Å²) in [6.07, 6.45) is 1.80. The van der Waals surface area contributed by atoms with E-state index >= 15 is 0 Å². The van der Waals surface area contributed by atoms with E-state index in [0.29, 0.717) is 12.2 Å². The fourth-order valence-electron chi connectivity index (χ4n) is 2.55. The maximum atomic E-state index is 12.0. The van der Waals surface area contributed by atoms with Gasteiger partial charge < -0.3 is 9.47 Å². The molecule has 0 radical (unpaired) electrons. The molecule has 2 aliphatic heterocycles. The number of nitrogens with one attached hydrogen (secondary N) is 1. The lowest BCUT2D eigenvalue weighted by atomic mass is 10.2. The SMILES string of the molecule is C[C@H](N=C1NS(=O)(=O)c2ccccc21)C(=O)OCC1CCCO1. The summed E-state index contributed by atoms with van der Waals surface area (Å²) in [7, 11) is -3.60. The van der Waals surface area contributed by atoms with Gasteiger partial charge in [-0.05, 0) is 31.9 Å². The molecule has 3 rings (SSSR count). The number of carbonyl (C=O) groups is 1. The van der Waals surface area contributed by atoms with Crippen molar-refractivity contribution in [3.8, 4) is 0 Å². The maximum absolute atomic E-state index is 12.0. The zero-order valence-electron chi connectivity index (χ0n) is 12.7. The van der Waals surface area contributed by atoms with Crippen molar-refractivity contribution in [1.82, 2.24) is 4.72 Å². The van der Waals surface area contributed by atoms with Crippen LogP contribution in [0.5, 0.6) is 0 Å². The molecule has 0 aliphatic carbocycles. The second-order valence-electron chi connectivity index (χ2n) is 5.52. The highest BCUT2D eigenvalue weighted by Gasteiger charge is 2.31. The van der Waals surface area contributed by atoms with E-state index in [1.807, 2.05) is 0 Å². The number of sulfonamides is 1. The van der Waals surface area contributed by atoms with Crippen LogP contribution in [-0.2, 0) is 24.3 Å². The number of nitrogens with zero attached hydrogens (tertiary/aromatic N) is 1. The van der Waals surface area contributed by atoms with Crippen LogP contribution in [0.3, 0.4) is 0 Å². The average molecular weight is 338 g/mol. The largest absolute Gasteiger partial charge is 0.461 e. The highest BCUT2D eigenvalue weighted by molar-refractivity contribution is 7.90. The van der Waals surface area contributed by atoms with E-state index in [0.717, 1.165) is 12.8 Å². The molecular weight excluding hydrogens is 320 g/mol. The molecule has 0 spiro atoms. The van der Waals surface area contributed by atoms with Gasteiger partial charge in [0.2, 0.25) is 0 Å². The minimum Gasteiger partial charge on any atom is -0.461 e. The van der Waals surface area contributed by atoms with Crippen molar-refractivity contribution in [2.24, 2.45) is 4.99 Å². The molecule has 0 amide bonds. The number of rotatable bonds is 4. The van der Waals surface area contributed by atoms with Gasteiger partial charge in [-0.25, -0.2) is 13.2 Å². The minimum absolute atomic E-state index is 0.0514. The Kier molecular flexibility index (Phi) is 4.36. The molecule has 1 aromatic carbocycles. The van der Waals surface area contributed by atoms with Gasteiger partial charge >= 0.3 is 5.97 Å². The standard InChI is InChI=1S/C15H18N2O5S/c1-10(15(18)22-9-11-5-4-8-21-11)16-14-12-6-2-3-7-13(12)23(19,20)17-14/h2-3,6-7,10-11H,4-5,8-9H2,1H3,(H,16,17)/t10-,11?/m0/s1. The Morgan fingerprint density at radius 1 is 1.48 bits per heavy atom. The van der Waals surface area contributed by atoms with Crippen molar-refractivity contribution in [3.05, 3.63) is 29.8 Å². The van der Waals surface area contributed by atoms with Gasteiger partial charge in [0.25, 0.3) is 10.0 Å². The predicted octanol–water partition coefficient (Wildman–Crippen LogP) is 0.836. The second-order valence-corrected chi connectivity index (χ2v) is 7.17. The van der Waals surface area contributed by atoms with Gasteiger partial charge in [-0.15, -0.1) is 0 Å².